The van der Waals surface area contributed by atoms with Crippen LogP contribution in [0.25, 0.3) is 0 Å². The largest absolute Gasteiger partial charge is 0.305 e. The van der Waals surface area contributed by atoms with Crippen molar-refractivity contribution in [3.8, 4) is 0 Å². The Morgan fingerprint density at radius 1 is 1.50 bits per heavy atom. The number of aldehydes is 1. The molecule has 0 spiro atoms. The van der Waals surface area contributed by atoms with Crippen LogP contribution in [-0.4, -0.2) is 42.0 Å². The molecule has 1 aliphatic heterocycles. The molecule has 0 aliphatic carbocycles. The van der Waals surface area contributed by atoms with E-state index in [9.17, 15) is 14.9 Å². The van der Waals surface area contributed by atoms with Gasteiger partial charge in [0, 0.05) is 28.8 Å². The lowest BCUT2D eigenvalue weighted by Gasteiger charge is -2.34. The van der Waals surface area contributed by atoms with Gasteiger partial charge in [-0.2, -0.15) is 0 Å². The highest BCUT2D eigenvalue weighted by atomic mass is 32.2. The summed E-state index contributed by atoms with van der Waals surface area (Å²) in [5.74, 6) is 0.525. The minimum Gasteiger partial charge on any atom is -0.305 e. The van der Waals surface area contributed by atoms with E-state index in [1.165, 1.54) is 12.1 Å². The second kappa shape index (κ2) is 5.07. The van der Waals surface area contributed by atoms with E-state index >= 15 is 0 Å². The molecule has 6 heteroatoms. The molecule has 1 aromatic carbocycles. The molecular formula is C12H14N2O3S. The zero-order chi connectivity index (χ0) is 13.3. The van der Waals surface area contributed by atoms with Crippen LogP contribution in [0, 0.1) is 10.1 Å². The average molecular weight is 266 g/mol. The average Bonchev–Trinajstić information content (AvgIpc) is 2.36. The Bertz CT molecular complexity index is 490. The molecule has 0 aromatic heterocycles. The molecule has 5 nitrogen and oxygen atoms in total. The van der Waals surface area contributed by atoms with Crippen LogP contribution in [0.4, 0.5) is 5.69 Å². The third-order valence-corrected chi connectivity index (χ3v) is 4.39. The van der Waals surface area contributed by atoms with Gasteiger partial charge in [-0.05, 0) is 25.7 Å². The van der Waals surface area contributed by atoms with E-state index in [0.717, 1.165) is 22.5 Å². The monoisotopic (exact) mass is 266 g/mol. The Balaban J connectivity index is 2.46. The number of hydrogen-bond acceptors (Lipinski definition) is 5. The van der Waals surface area contributed by atoms with Gasteiger partial charge < -0.3 is 9.69 Å². The first kappa shape index (κ1) is 13.0. The van der Waals surface area contributed by atoms with Crippen molar-refractivity contribution in [2.45, 2.75) is 16.9 Å². The molecular weight excluding hydrogens is 252 g/mol. The van der Waals surface area contributed by atoms with Gasteiger partial charge in [0.1, 0.15) is 6.29 Å². The van der Waals surface area contributed by atoms with Crippen LogP contribution in [0.5, 0.6) is 0 Å². The van der Waals surface area contributed by atoms with E-state index in [0.29, 0.717) is 0 Å². The Hall–Kier alpha value is -1.40. The third kappa shape index (κ3) is 2.26. The summed E-state index contributed by atoms with van der Waals surface area (Å²) in [7, 11) is 3.84. The van der Waals surface area contributed by atoms with Gasteiger partial charge in [0.15, 0.2) is 0 Å². The van der Waals surface area contributed by atoms with Crippen molar-refractivity contribution >= 4 is 23.7 Å². The number of nitro benzene ring substituents is 1. The SMILES string of the molecule is CN(C)C1CSc2ccc([N+](=O)[O-])cc2C1C=O. The molecule has 1 heterocycles. The fraction of sp³-hybridized carbons (Fsp3) is 0.417. The van der Waals surface area contributed by atoms with Gasteiger partial charge in [0.2, 0.25) is 0 Å². The maximum atomic E-state index is 11.3. The van der Waals surface area contributed by atoms with Gasteiger partial charge in [-0.15, -0.1) is 11.8 Å². The Morgan fingerprint density at radius 2 is 2.22 bits per heavy atom. The highest BCUT2D eigenvalue weighted by Gasteiger charge is 2.32. The van der Waals surface area contributed by atoms with Crippen molar-refractivity contribution in [2.75, 3.05) is 19.8 Å². The Labute approximate surface area is 109 Å². The van der Waals surface area contributed by atoms with E-state index in [1.54, 1.807) is 17.8 Å². The van der Waals surface area contributed by atoms with Gasteiger partial charge in [-0.25, -0.2) is 0 Å². The summed E-state index contributed by atoms with van der Waals surface area (Å²) in [4.78, 5) is 24.6. The second-order valence-electron chi connectivity index (χ2n) is 4.48. The van der Waals surface area contributed by atoms with Crippen LogP contribution in [0.2, 0.25) is 0 Å². The van der Waals surface area contributed by atoms with Crippen molar-refractivity contribution < 1.29 is 9.72 Å². The highest BCUT2D eigenvalue weighted by Crippen LogP contribution is 2.39. The van der Waals surface area contributed by atoms with E-state index in [1.807, 2.05) is 19.0 Å². The lowest BCUT2D eigenvalue weighted by molar-refractivity contribution is -0.385. The molecule has 18 heavy (non-hydrogen) atoms. The van der Waals surface area contributed by atoms with Crippen molar-refractivity contribution in [3.05, 3.63) is 33.9 Å². The van der Waals surface area contributed by atoms with Crippen molar-refractivity contribution in [1.82, 2.24) is 4.90 Å². The predicted octanol–water partition coefficient (Wildman–Crippen LogP) is 1.91. The zero-order valence-electron chi connectivity index (χ0n) is 10.2. The topological polar surface area (TPSA) is 63.4 Å². The quantitative estimate of drug-likeness (QED) is 0.475. The number of thioether (sulfide) groups is 1. The minimum absolute atomic E-state index is 0.0422. The van der Waals surface area contributed by atoms with Crippen LogP contribution in [0.1, 0.15) is 11.5 Å². The predicted molar refractivity (Wildman–Crippen MR) is 70.1 cm³/mol. The summed E-state index contributed by atoms with van der Waals surface area (Å²) in [6.45, 7) is 0. The van der Waals surface area contributed by atoms with Crippen LogP contribution in [0.15, 0.2) is 23.1 Å². The van der Waals surface area contributed by atoms with Gasteiger partial charge in [0.25, 0.3) is 5.69 Å². The normalized spacial score (nSPS) is 22.6. The fourth-order valence-electron chi connectivity index (χ4n) is 2.16. The number of non-ortho nitro benzene ring substituents is 1. The number of hydrogen-bond donors (Lipinski definition) is 0. The number of benzene rings is 1. The number of carbonyl (C=O) groups is 1. The highest BCUT2D eigenvalue weighted by molar-refractivity contribution is 7.99. The number of nitro groups is 1. The molecule has 0 saturated carbocycles. The van der Waals surface area contributed by atoms with Crippen LogP contribution in [-0.2, 0) is 4.79 Å². The smallest absolute Gasteiger partial charge is 0.269 e. The molecule has 2 atom stereocenters. The first-order valence-corrected chi connectivity index (χ1v) is 6.56. The fourth-order valence-corrected chi connectivity index (χ4v) is 3.54. The second-order valence-corrected chi connectivity index (χ2v) is 5.54. The van der Waals surface area contributed by atoms with E-state index < -0.39 is 4.92 Å². The number of carbonyl (C=O) groups excluding carboxylic acids is 1. The first-order valence-electron chi connectivity index (χ1n) is 5.57. The van der Waals surface area contributed by atoms with Gasteiger partial charge in [-0.1, -0.05) is 0 Å². The number of fused-ring (bicyclic) bond motifs is 1. The van der Waals surface area contributed by atoms with Crippen LogP contribution >= 0.6 is 11.8 Å². The van der Waals surface area contributed by atoms with Gasteiger partial charge >= 0.3 is 0 Å². The molecule has 2 rings (SSSR count). The van der Waals surface area contributed by atoms with Crippen molar-refractivity contribution in [1.29, 1.82) is 0 Å². The van der Waals surface area contributed by atoms with Gasteiger partial charge in [0.05, 0.1) is 10.8 Å². The summed E-state index contributed by atoms with van der Waals surface area (Å²) >= 11 is 1.64. The van der Waals surface area contributed by atoms with Gasteiger partial charge in [-0.3, -0.25) is 10.1 Å². The summed E-state index contributed by atoms with van der Waals surface area (Å²) in [5, 5.41) is 10.8. The number of rotatable bonds is 3. The molecule has 0 bridgehead atoms. The van der Waals surface area contributed by atoms with E-state index in [-0.39, 0.29) is 17.6 Å². The van der Waals surface area contributed by atoms with Crippen molar-refractivity contribution in [2.24, 2.45) is 0 Å². The summed E-state index contributed by atoms with van der Waals surface area (Å²) in [6.07, 6.45) is 0.896. The number of likely N-dealkylation sites (N-methyl/N-ethyl adjacent to an activating group) is 1. The Morgan fingerprint density at radius 3 is 2.78 bits per heavy atom. The Kier molecular flexibility index (Phi) is 3.68. The van der Waals surface area contributed by atoms with Crippen molar-refractivity contribution in [3.63, 3.8) is 0 Å². The first-order chi connectivity index (χ1) is 8.54. The summed E-state index contributed by atoms with van der Waals surface area (Å²) in [6, 6.07) is 4.84. The van der Waals surface area contributed by atoms with E-state index in [4.69, 9.17) is 0 Å². The maximum absolute atomic E-state index is 11.3. The molecule has 0 amide bonds. The van der Waals surface area contributed by atoms with Crippen LogP contribution < -0.4 is 0 Å². The molecule has 0 saturated heterocycles. The standard InChI is InChI=1S/C12H14N2O3S/c1-13(2)11-7-18-12-4-3-8(14(16)17)5-9(12)10(11)6-15/h3-6,10-11H,7H2,1-2H3. The third-order valence-electron chi connectivity index (χ3n) is 3.20. The molecule has 0 radical (unpaired) electrons. The summed E-state index contributed by atoms with van der Waals surface area (Å²) < 4.78 is 0. The molecule has 0 fully saturated rings. The summed E-state index contributed by atoms with van der Waals surface area (Å²) in [5.41, 5.74) is 0.815. The van der Waals surface area contributed by atoms with Crippen LogP contribution in [0.3, 0.4) is 0 Å². The lowest BCUT2D eigenvalue weighted by atomic mass is 9.92. The lowest BCUT2D eigenvalue weighted by Crippen LogP contribution is -2.39. The minimum atomic E-state index is -0.425. The molecule has 1 aromatic rings. The number of nitrogens with zero attached hydrogens (tertiary/aromatic N) is 2. The molecule has 2 unspecified atom stereocenters. The zero-order valence-corrected chi connectivity index (χ0v) is 11.0. The molecule has 0 N–H and O–H groups in total. The molecule has 1 aliphatic rings. The molecule has 96 valence electrons. The maximum Gasteiger partial charge on any atom is 0.269 e. The van der Waals surface area contributed by atoms with E-state index in [2.05, 4.69) is 0 Å².